The predicted octanol–water partition coefficient (Wildman–Crippen LogP) is 3.58. The van der Waals surface area contributed by atoms with Crippen molar-refractivity contribution in [2.45, 2.75) is 13.3 Å². The van der Waals surface area contributed by atoms with Crippen molar-refractivity contribution in [1.82, 2.24) is 4.98 Å². The van der Waals surface area contributed by atoms with E-state index in [1.54, 1.807) is 0 Å². The van der Waals surface area contributed by atoms with E-state index in [1.807, 2.05) is 48.7 Å². The highest BCUT2D eigenvalue weighted by Gasteiger charge is 2.51. The average Bonchev–Trinajstić information content (AvgIpc) is 3.30. The summed E-state index contributed by atoms with van der Waals surface area (Å²) in [6.45, 7) is 2.03. The molecule has 4 atom stereocenters. The van der Waals surface area contributed by atoms with E-state index < -0.39 is 17.8 Å². The minimum Gasteiger partial charge on any atom is -0.481 e. The number of thiazole rings is 1. The molecule has 0 saturated heterocycles. The molecule has 0 aliphatic heterocycles. The van der Waals surface area contributed by atoms with Gasteiger partial charge < -0.3 is 10.4 Å². The van der Waals surface area contributed by atoms with E-state index in [9.17, 15) is 14.7 Å². The van der Waals surface area contributed by atoms with Gasteiger partial charge >= 0.3 is 5.97 Å². The fourth-order valence-electron chi connectivity index (χ4n) is 3.89. The number of carbonyl (C=O) groups excluding carboxylic acids is 1. The zero-order valence-electron chi connectivity index (χ0n) is 13.7. The second kappa shape index (κ2) is 6.11. The lowest BCUT2D eigenvalue weighted by Crippen LogP contribution is -2.36. The van der Waals surface area contributed by atoms with Crippen LogP contribution in [0, 0.1) is 30.6 Å². The summed E-state index contributed by atoms with van der Waals surface area (Å²) in [6.07, 6.45) is 4.67. The first-order chi connectivity index (χ1) is 12.0. The van der Waals surface area contributed by atoms with Crippen LogP contribution in [-0.4, -0.2) is 22.0 Å². The number of aromatic nitrogens is 1. The van der Waals surface area contributed by atoms with Gasteiger partial charge in [-0.2, -0.15) is 0 Å². The van der Waals surface area contributed by atoms with Gasteiger partial charge in [0.05, 0.1) is 17.5 Å². The van der Waals surface area contributed by atoms with E-state index in [0.717, 1.165) is 17.7 Å². The molecule has 6 heteroatoms. The fraction of sp³-hybridized carbons (Fsp3) is 0.316. The van der Waals surface area contributed by atoms with Gasteiger partial charge in [0.2, 0.25) is 5.91 Å². The molecule has 4 unspecified atom stereocenters. The van der Waals surface area contributed by atoms with Crippen molar-refractivity contribution in [3.63, 3.8) is 0 Å². The van der Waals surface area contributed by atoms with Crippen molar-refractivity contribution in [2.24, 2.45) is 23.7 Å². The van der Waals surface area contributed by atoms with E-state index in [1.165, 1.54) is 16.9 Å². The molecule has 1 fully saturated rings. The number of carbonyl (C=O) groups is 2. The minimum atomic E-state index is -0.892. The predicted molar refractivity (Wildman–Crippen MR) is 96.3 cm³/mol. The Bertz CT molecular complexity index is 856. The van der Waals surface area contributed by atoms with E-state index >= 15 is 0 Å². The number of carboxylic acid groups (broad SMARTS) is 1. The summed E-state index contributed by atoms with van der Waals surface area (Å²) in [5.74, 6) is -2.29. The Morgan fingerprint density at radius 1 is 1.16 bits per heavy atom. The highest BCUT2D eigenvalue weighted by molar-refractivity contribution is 7.14. The van der Waals surface area contributed by atoms with Crippen molar-refractivity contribution < 1.29 is 14.7 Å². The maximum atomic E-state index is 12.7. The highest BCUT2D eigenvalue weighted by Crippen LogP contribution is 2.48. The number of anilines is 1. The Labute approximate surface area is 149 Å². The van der Waals surface area contributed by atoms with E-state index in [-0.39, 0.29) is 17.7 Å². The summed E-state index contributed by atoms with van der Waals surface area (Å²) in [7, 11) is 0. The molecule has 0 spiro atoms. The summed E-state index contributed by atoms with van der Waals surface area (Å²) < 4.78 is 0. The second-order valence-electron chi connectivity index (χ2n) is 6.73. The monoisotopic (exact) mass is 354 g/mol. The van der Waals surface area contributed by atoms with Gasteiger partial charge in [-0.05, 0) is 25.2 Å². The minimum absolute atomic E-state index is 0.0163. The van der Waals surface area contributed by atoms with Crippen LogP contribution in [0.25, 0.3) is 11.3 Å². The lowest BCUT2D eigenvalue weighted by Gasteiger charge is -2.23. The summed E-state index contributed by atoms with van der Waals surface area (Å²) in [5, 5.41) is 14.7. The van der Waals surface area contributed by atoms with Gasteiger partial charge in [0, 0.05) is 10.9 Å². The Hall–Kier alpha value is -2.47. The van der Waals surface area contributed by atoms with Gasteiger partial charge in [0.1, 0.15) is 0 Å². The first kappa shape index (κ1) is 16.0. The maximum absolute atomic E-state index is 12.7. The van der Waals surface area contributed by atoms with Crippen molar-refractivity contribution in [3.8, 4) is 11.3 Å². The number of aryl methyl sites for hydroxylation is 1. The first-order valence-electron chi connectivity index (χ1n) is 8.27. The average molecular weight is 354 g/mol. The Morgan fingerprint density at radius 2 is 1.84 bits per heavy atom. The molecule has 2 aliphatic rings. The molecule has 128 valence electrons. The van der Waals surface area contributed by atoms with Crippen molar-refractivity contribution in [3.05, 3.63) is 47.4 Å². The number of carboxylic acids is 1. The van der Waals surface area contributed by atoms with Crippen LogP contribution in [0.1, 0.15) is 12.0 Å². The maximum Gasteiger partial charge on any atom is 0.307 e. The van der Waals surface area contributed by atoms with Crippen molar-refractivity contribution in [2.75, 3.05) is 5.32 Å². The summed E-state index contributed by atoms with van der Waals surface area (Å²) >= 11 is 1.36. The van der Waals surface area contributed by atoms with Crippen LogP contribution in [0.2, 0.25) is 0 Å². The molecule has 0 radical (unpaired) electrons. The molecule has 4 rings (SSSR count). The number of hydrogen-bond acceptors (Lipinski definition) is 4. The third-order valence-electron chi connectivity index (χ3n) is 5.13. The Morgan fingerprint density at radius 3 is 2.52 bits per heavy atom. The molecule has 2 bridgehead atoms. The number of fused-ring (bicyclic) bond motifs is 2. The number of amides is 1. The number of rotatable bonds is 4. The molecule has 25 heavy (non-hydrogen) atoms. The van der Waals surface area contributed by atoms with Crippen LogP contribution in [0.5, 0.6) is 0 Å². The molecular weight excluding hydrogens is 336 g/mol. The topological polar surface area (TPSA) is 79.3 Å². The quantitative estimate of drug-likeness (QED) is 0.823. The normalized spacial score (nSPS) is 26.8. The molecule has 1 amide bonds. The fourth-order valence-corrected chi connectivity index (χ4v) is 4.62. The number of hydrogen-bond donors (Lipinski definition) is 2. The van der Waals surface area contributed by atoms with Gasteiger partial charge in [-0.3, -0.25) is 9.59 Å². The molecule has 2 aliphatic carbocycles. The molecular formula is C19H18N2O3S. The largest absolute Gasteiger partial charge is 0.481 e. The number of allylic oxidation sites excluding steroid dienone is 2. The van der Waals surface area contributed by atoms with Crippen molar-refractivity contribution in [1.29, 1.82) is 0 Å². The number of nitrogens with one attached hydrogen (secondary N) is 1. The van der Waals surface area contributed by atoms with Crippen LogP contribution in [0.3, 0.4) is 0 Å². The van der Waals surface area contributed by atoms with Crippen LogP contribution in [-0.2, 0) is 9.59 Å². The molecule has 1 aromatic carbocycles. The molecule has 1 aromatic heterocycles. The molecule has 2 aromatic rings. The van der Waals surface area contributed by atoms with Crippen molar-refractivity contribution >= 4 is 28.3 Å². The molecule has 1 heterocycles. The van der Waals surface area contributed by atoms with Crippen LogP contribution in [0.4, 0.5) is 5.13 Å². The van der Waals surface area contributed by atoms with Gasteiger partial charge in [-0.15, -0.1) is 11.3 Å². The lowest BCUT2D eigenvalue weighted by atomic mass is 9.82. The third kappa shape index (κ3) is 2.87. The zero-order chi connectivity index (χ0) is 17.6. The number of nitrogens with zero attached hydrogens (tertiary/aromatic N) is 1. The van der Waals surface area contributed by atoms with Crippen LogP contribution >= 0.6 is 11.3 Å². The van der Waals surface area contributed by atoms with E-state index in [0.29, 0.717) is 5.13 Å². The first-order valence-corrected chi connectivity index (χ1v) is 9.15. The highest BCUT2D eigenvalue weighted by atomic mass is 32.1. The standard InChI is InChI=1S/C19H18N2O3S/c1-10-2-4-11(5-3-10)14-9-25-19(20-14)21-17(22)15-12-6-7-13(8-12)16(15)18(23)24/h2-7,9,12-13,15-16H,8H2,1H3,(H,23,24)(H,20,21,22). The molecule has 1 saturated carbocycles. The number of aliphatic carboxylic acids is 1. The van der Waals surface area contributed by atoms with Crippen LogP contribution < -0.4 is 5.32 Å². The summed E-state index contributed by atoms with van der Waals surface area (Å²) in [6, 6.07) is 8.03. The van der Waals surface area contributed by atoms with E-state index in [4.69, 9.17) is 0 Å². The summed E-state index contributed by atoms with van der Waals surface area (Å²) in [5.41, 5.74) is 2.98. The smallest absolute Gasteiger partial charge is 0.307 e. The molecule has 5 nitrogen and oxygen atoms in total. The number of benzene rings is 1. The third-order valence-corrected chi connectivity index (χ3v) is 5.89. The Kier molecular flexibility index (Phi) is 3.92. The molecule has 2 N–H and O–H groups in total. The second-order valence-corrected chi connectivity index (χ2v) is 7.59. The Balaban J connectivity index is 1.51. The van der Waals surface area contributed by atoms with Gasteiger partial charge in [-0.25, -0.2) is 4.98 Å². The van der Waals surface area contributed by atoms with Crippen LogP contribution in [0.15, 0.2) is 41.8 Å². The van der Waals surface area contributed by atoms with E-state index in [2.05, 4.69) is 10.3 Å². The lowest BCUT2D eigenvalue weighted by molar-refractivity contribution is -0.146. The van der Waals surface area contributed by atoms with Gasteiger partial charge in [-0.1, -0.05) is 42.0 Å². The SMILES string of the molecule is Cc1ccc(-c2csc(NC(=O)C3C4C=CC(C4)C3C(=O)O)n2)cc1. The summed E-state index contributed by atoms with van der Waals surface area (Å²) in [4.78, 5) is 28.7. The zero-order valence-corrected chi connectivity index (χ0v) is 14.5. The van der Waals surface area contributed by atoms with Gasteiger partial charge in [0.15, 0.2) is 5.13 Å². The van der Waals surface area contributed by atoms with Gasteiger partial charge in [0.25, 0.3) is 0 Å².